The van der Waals surface area contributed by atoms with E-state index < -0.39 is 38.9 Å². The van der Waals surface area contributed by atoms with Crippen LogP contribution in [0, 0.1) is 6.92 Å². The van der Waals surface area contributed by atoms with Crippen molar-refractivity contribution in [1.29, 1.82) is 0 Å². The third-order valence-corrected chi connectivity index (χ3v) is 6.27. The van der Waals surface area contributed by atoms with Crippen LogP contribution in [0.5, 0.6) is 0 Å². The van der Waals surface area contributed by atoms with Crippen molar-refractivity contribution < 1.29 is 28.1 Å². The maximum Gasteiger partial charge on any atom is 0.398 e. The molecule has 10 nitrogen and oxygen atoms in total. The molecule has 2 aliphatic rings. The minimum absolute atomic E-state index is 0. The Bertz CT molecular complexity index is 830. The van der Waals surface area contributed by atoms with E-state index in [0.29, 0.717) is 12.2 Å². The second-order valence-electron chi connectivity index (χ2n) is 6.27. The highest BCUT2D eigenvalue weighted by atomic mass is 79.9. The molecular weight excluding hydrogens is 490 g/mol. The van der Waals surface area contributed by atoms with E-state index in [1.54, 1.807) is 13.6 Å². The van der Waals surface area contributed by atoms with E-state index in [1.807, 2.05) is 0 Å². The van der Waals surface area contributed by atoms with Crippen LogP contribution in [0.2, 0.25) is 0 Å². The Kier molecular flexibility index (Phi) is 11.0. The highest BCUT2D eigenvalue weighted by Crippen LogP contribution is 2.31. The molecule has 3 rings (SSSR count). The van der Waals surface area contributed by atoms with Crippen LogP contribution in [0.25, 0.3) is 0 Å². The van der Waals surface area contributed by atoms with Gasteiger partial charge in [0.1, 0.15) is 19.4 Å². The molecule has 2 fully saturated rings. The van der Waals surface area contributed by atoms with E-state index in [-0.39, 0.29) is 32.8 Å². The van der Waals surface area contributed by atoms with Crippen molar-refractivity contribution in [2.45, 2.75) is 45.2 Å². The number of nitrogens with one attached hydrogen (secondary N) is 1. The summed E-state index contributed by atoms with van der Waals surface area (Å²) in [7, 11) is -2.91. The second-order valence-corrected chi connectivity index (χ2v) is 9.94. The maximum absolute atomic E-state index is 11.5. The van der Waals surface area contributed by atoms with E-state index in [9.17, 15) is 18.7 Å². The van der Waals surface area contributed by atoms with Gasteiger partial charge in [0.15, 0.2) is 0 Å². The summed E-state index contributed by atoms with van der Waals surface area (Å²) >= 11 is 3.25. The monoisotopic (exact) mass is 516 g/mol. The lowest BCUT2D eigenvalue weighted by Crippen LogP contribution is -2.34. The Labute approximate surface area is 179 Å². The van der Waals surface area contributed by atoms with E-state index in [4.69, 9.17) is 18.9 Å². The molecule has 0 bridgehead atoms. The SMILES string of the molecule is C.C[P+](=O)C1OCC(CBr)O1.Cc1cn(CC2COC([P+](C)=O)O2)c(=O)[nH]c1=O. The topological polar surface area (TPSA) is 126 Å². The summed E-state index contributed by atoms with van der Waals surface area (Å²) in [6.07, 6.45) is 1.21. The van der Waals surface area contributed by atoms with Crippen LogP contribution in [0.3, 0.4) is 0 Å². The van der Waals surface area contributed by atoms with E-state index in [0.717, 1.165) is 5.33 Å². The Morgan fingerprint density at radius 1 is 1.10 bits per heavy atom. The average Bonchev–Trinajstić information content (AvgIpc) is 3.29. The fourth-order valence-corrected chi connectivity index (χ4v) is 4.02. The molecular formula is C16H27BrN2O8P2+2. The van der Waals surface area contributed by atoms with Crippen LogP contribution in [-0.4, -0.2) is 65.7 Å². The fraction of sp³-hybridized carbons (Fsp3) is 0.750. The van der Waals surface area contributed by atoms with Crippen LogP contribution < -0.4 is 11.2 Å². The largest absolute Gasteiger partial charge is 0.398 e. The van der Waals surface area contributed by atoms with Crippen molar-refractivity contribution in [3.63, 3.8) is 0 Å². The van der Waals surface area contributed by atoms with Gasteiger partial charge in [0.2, 0.25) is 0 Å². The molecule has 13 heteroatoms. The van der Waals surface area contributed by atoms with Gasteiger partial charge < -0.3 is 18.9 Å². The summed E-state index contributed by atoms with van der Waals surface area (Å²) < 4.78 is 44.2. The summed E-state index contributed by atoms with van der Waals surface area (Å²) in [5, 5.41) is 0.743. The summed E-state index contributed by atoms with van der Waals surface area (Å²) in [5.41, 5.74) is -0.431. The number of aromatic nitrogens is 2. The number of rotatable bonds is 5. The molecule has 2 saturated heterocycles. The molecule has 0 radical (unpaired) electrons. The number of hydrogen-bond acceptors (Lipinski definition) is 8. The Hall–Kier alpha value is -0.800. The summed E-state index contributed by atoms with van der Waals surface area (Å²) in [4.78, 5) is 25.0. The molecule has 0 aromatic carbocycles. The van der Waals surface area contributed by atoms with Gasteiger partial charge in [0, 0.05) is 17.1 Å². The molecule has 1 aromatic heterocycles. The molecule has 2 aliphatic heterocycles. The van der Waals surface area contributed by atoms with Gasteiger partial charge in [-0.15, -0.1) is 0 Å². The van der Waals surface area contributed by atoms with E-state index in [1.165, 1.54) is 17.4 Å². The molecule has 164 valence electrons. The predicted molar refractivity (Wildman–Crippen MR) is 113 cm³/mol. The predicted octanol–water partition coefficient (Wildman–Crippen LogP) is 2.17. The maximum atomic E-state index is 11.5. The molecule has 29 heavy (non-hydrogen) atoms. The van der Waals surface area contributed by atoms with Gasteiger partial charge in [0.05, 0.1) is 25.9 Å². The van der Waals surface area contributed by atoms with Gasteiger partial charge in [-0.2, -0.15) is 0 Å². The third-order valence-electron chi connectivity index (χ3n) is 3.82. The van der Waals surface area contributed by atoms with Gasteiger partial charge in [0.25, 0.3) is 5.56 Å². The summed E-state index contributed by atoms with van der Waals surface area (Å²) in [5.74, 6) is 0. The van der Waals surface area contributed by atoms with Gasteiger partial charge in [-0.1, -0.05) is 32.5 Å². The van der Waals surface area contributed by atoms with Crippen LogP contribution >= 0.6 is 31.5 Å². The molecule has 1 aromatic rings. The number of aromatic amines is 1. The highest BCUT2D eigenvalue weighted by Gasteiger charge is 2.38. The first-order valence-electron chi connectivity index (χ1n) is 8.41. The normalized spacial score (nSPS) is 26.9. The van der Waals surface area contributed by atoms with Gasteiger partial charge in [-0.05, 0) is 6.92 Å². The van der Waals surface area contributed by atoms with Gasteiger partial charge in [-0.3, -0.25) is 14.3 Å². The summed E-state index contributed by atoms with van der Waals surface area (Å²) in [6.45, 7) is 5.84. The fourth-order valence-electron chi connectivity index (χ4n) is 2.40. The number of H-pyrrole nitrogens is 1. The Balaban J connectivity index is 0.000000327. The molecule has 0 saturated carbocycles. The average molecular weight is 517 g/mol. The van der Waals surface area contributed by atoms with Crippen LogP contribution in [-0.2, 0) is 34.6 Å². The molecule has 6 atom stereocenters. The second kappa shape index (κ2) is 12.2. The number of aryl methyl sites for hydroxylation is 1. The number of nitrogens with zero attached hydrogens (tertiary/aromatic N) is 1. The molecule has 6 unspecified atom stereocenters. The highest BCUT2D eigenvalue weighted by molar-refractivity contribution is 9.09. The Morgan fingerprint density at radius 2 is 1.62 bits per heavy atom. The van der Waals surface area contributed by atoms with Crippen LogP contribution in [0.4, 0.5) is 0 Å². The number of ether oxygens (including phenoxy) is 4. The van der Waals surface area contributed by atoms with Crippen LogP contribution in [0.1, 0.15) is 13.0 Å². The zero-order valence-corrected chi connectivity index (χ0v) is 19.1. The number of hydrogen-bond donors (Lipinski definition) is 1. The van der Waals surface area contributed by atoms with Crippen molar-refractivity contribution in [2.75, 3.05) is 31.9 Å². The van der Waals surface area contributed by atoms with Gasteiger partial charge >= 0.3 is 33.4 Å². The van der Waals surface area contributed by atoms with Gasteiger partial charge in [-0.25, -0.2) is 4.79 Å². The molecule has 0 amide bonds. The number of halogens is 1. The molecule has 0 aliphatic carbocycles. The van der Waals surface area contributed by atoms with Crippen molar-refractivity contribution in [2.24, 2.45) is 0 Å². The Morgan fingerprint density at radius 3 is 2.07 bits per heavy atom. The molecule has 3 heterocycles. The van der Waals surface area contributed by atoms with Crippen molar-refractivity contribution in [3.8, 4) is 0 Å². The van der Waals surface area contributed by atoms with Crippen LogP contribution in [0.15, 0.2) is 15.8 Å². The standard InChI is InChI=1S/C10H13N2O5P.C5H9BrO3P.CH4/c1-6-3-12(9(14)11-8(6)13)4-7-5-16-10(17-7)18(2)15;1-10(7)5-8-3-4(2-6)9-5;/h3,7,10H,4-5H2,1-2H3;4-5H,2-3H2,1H3;1H4/q;+1;/p+1. The third kappa shape index (κ3) is 7.75. The zero-order chi connectivity index (χ0) is 20.8. The van der Waals surface area contributed by atoms with Crippen molar-refractivity contribution >= 4 is 31.5 Å². The lowest BCUT2D eigenvalue weighted by Gasteiger charge is -2.09. The van der Waals surface area contributed by atoms with E-state index in [2.05, 4.69) is 20.9 Å². The lowest BCUT2D eigenvalue weighted by molar-refractivity contribution is 0.00400. The quantitative estimate of drug-likeness (QED) is 0.466. The molecule has 1 N–H and O–H groups in total. The lowest BCUT2D eigenvalue weighted by atomic mass is 10.3. The smallest absolute Gasteiger partial charge is 0.310 e. The first-order chi connectivity index (χ1) is 13.2. The first kappa shape index (κ1) is 26.2. The first-order valence-corrected chi connectivity index (χ1v) is 13.1. The summed E-state index contributed by atoms with van der Waals surface area (Å²) in [6, 6.07) is -1.18. The number of alkyl halides is 1. The van der Waals surface area contributed by atoms with E-state index >= 15 is 0 Å². The van der Waals surface area contributed by atoms with Crippen molar-refractivity contribution in [3.05, 3.63) is 32.6 Å². The van der Waals surface area contributed by atoms with Crippen molar-refractivity contribution in [1.82, 2.24) is 9.55 Å². The molecule has 0 spiro atoms. The minimum atomic E-state index is -1.56. The minimum Gasteiger partial charge on any atom is -0.310 e. The zero-order valence-electron chi connectivity index (χ0n) is 15.7.